The van der Waals surface area contributed by atoms with Crippen molar-refractivity contribution < 1.29 is 4.79 Å². The van der Waals surface area contributed by atoms with Crippen LogP contribution in [-0.2, 0) is 4.79 Å². The molecule has 1 amide bonds. The van der Waals surface area contributed by atoms with Crippen LogP contribution in [0.5, 0.6) is 0 Å². The Morgan fingerprint density at radius 1 is 1.17 bits per heavy atom. The van der Waals surface area contributed by atoms with Crippen molar-refractivity contribution in [1.82, 2.24) is 5.32 Å². The van der Waals surface area contributed by atoms with E-state index in [9.17, 15) is 4.79 Å². The Bertz CT molecular complexity index is 220. The Balaban J connectivity index is 3.01. The number of carbonyl (C=O) groups excluding carboxylic acids is 1. The second-order valence-corrected chi connectivity index (χ2v) is 5.48. The Kier molecular flexibility index (Phi) is 14.2. The quantitative estimate of drug-likeness (QED) is 0.400. The van der Waals surface area contributed by atoms with Gasteiger partial charge in [-0.1, -0.05) is 31.9 Å². The lowest BCUT2D eigenvalue weighted by atomic mass is 10.2. The lowest BCUT2D eigenvalue weighted by molar-refractivity contribution is -0.115. The molecule has 0 aromatic rings. The van der Waals surface area contributed by atoms with Crippen molar-refractivity contribution in [3.63, 3.8) is 0 Å². The normalized spacial score (nSPS) is 11.2. The van der Waals surface area contributed by atoms with E-state index in [2.05, 4.69) is 24.4 Å². The minimum absolute atomic E-state index is 0.226. The molecule has 3 N–H and O–H groups in total. The van der Waals surface area contributed by atoms with E-state index in [4.69, 9.17) is 5.73 Å². The molecule has 0 aromatic heterocycles. The van der Waals surface area contributed by atoms with E-state index in [1.54, 1.807) is 11.8 Å². The highest BCUT2D eigenvalue weighted by Crippen LogP contribution is 2.01. The van der Waals surface area contributed by atoms with Gasteiger partial charge >= 0.3 is 0 Å². The molecule has 3 nitrogen and oxygen atoms in total. The number of unbranched alkanes of at least 4 members (excludes halogenated alkanes) is 4. The molecule has 0 saturated heterocycles. The van der Waals surface area contributed by atoms with Gasteiger partial charge in [0.2, 0.25) is 5.91 Å². The molecule has 0 heterocycles. The molecule has 4 heteroatoms. The summed E-state index contributed by atoms with van der Waals surface area (Å²) in [7, 11) is 0. The summed E-state index contributed by atoms with van der Waals surface area (Å²) in [6, 6.07) is 0. The lowest BCUT2D eigenvalue weighted by Gasteiger charge is -2.03. The van der Waals surface area contributed by atoms with Gasteiger partial charge in [0, 0.05) is 12.3 Å². The van der Waals surface area contributed by atoms with E-state index in [1.165, 1.54) is 38.5 Å². The van der Waals surface area contributed by atoms with E-state index in [-0.39, 0.29) is 5.91 Å². The van der Waals surface area contributed by atoms with Gasteiger partial charge in [0.15, 0.2) is 0 Å². The fourth-order valence-electron chi connectivity index (χ4n) is 1.53. The molecular weight excluding hydrogens is 244 g/mol. The van der Waals surface area contributed by atoms with Gasteiger partial charge in [-0.2, -0.15) is 11.8 Å². The molecule has 0 spiro atoms. The fourth-order valence-corrected chi connectivity index (χ4v) is 2.17. The van der Waals surface area contributed by atoms with Gasteiger partial charge in [0.1, 0.15) is 0 Å². The van der Waals surface area contributed by atoms with Crippen molar-refractivity contribution in [2.24, 2.45) is 5.73 Å². The van der Waals surface area contributed by atoms with Crippen LogP contribution in [0.4, 0.5) is 0 Å². The zero-order valence-corrected chi connectivity index (χ0v) is 12.4. The number of amides is 1. The fraction of sp³-hybridized carbons (Fsp3) is 0.786. The largest absolute Gasteiger partial charge is 0.369 e. The summed E-state index contributed by atoms with van der Waals surface area (Å²) >= 11 is 1.59. The van der Waals surface area contributed by atoms with E-state index in [0.717, 1.165) is 18.8 Å². The van der Waals surface area contributed by atoms with Crippen LogP contribution in [0.2, 0.25) is 0 Å². The third-order valence-electron chi connectivity index (χ3n) is 2.51. The highest BCUT2D eigenvalue weighted by atomic mass is 32.2. The zero-order chi connectivity index (χ0) is 13.5. The maximum atomic E-state index is 10.5. The van der Waals surface area contributed by atoms with Crippen LogP contribution < -0.4 is 11.1 Å². The van der Waals surface area contributed by atoms with Crippen LogP contribution >= 0.6 is 11.8 Å². The summed E-state index contributed by atoms with van der Waals surface area (Å²) in [5, 5.41) is 3.38. The Hall–Kier alpha value is -0.480. The van der Waals surface area contributed by atoms with Gasteiger partial charge < -0.3 is 11.1 Å². The summed E-state index contributed by atoms with van der Waals surface area (Å²) in [6.45, 7) is 4.25. The molecule has 0 fully saturated rings. The molecule has 0 bridgehead atoms. The van der Waals surface area contributed by atoms with Gasteiger partial charge in [-0.05, 0) is 32.2 Å². The third kappa shape index (κ3) is 15.5. The molecule has 0 atom stereocenters. The molecule has 0 radical (unpaired) electrons. The van der Waals surface area contributed by atoms with Crippen molar-refractivity contribution in [2.75, 3.05) is 24.6 Å². The lowest BCUT2D eigenvalue weighted by Crippen LogP contribution is -2.20. The van der Waals surface area contributed by atoms with Crippen LogP contribution in [0, 0.1) is 0 Å². The summed E-state index contributed by atoms with van der Waals surface area (Å²) in [6.07, 6.45) is 12.1. The molecular formula is C14H28N2OS. The number of nitrogens with one attached hydrogen (secondary N) is 1. The standard InChI is InChI=1S/C14H28N2OS/c1-2-3-4-5-6-7-8-9-10-16-11-12-18-13-14(15)17/h4-5,16H,2-3,6-13H2,1H3,(H2,15,17)/b5-4-. The first-order valence-electron chi connectivity index (χ1n) is 6.99. The smallest absolute Gasteiger partial charge is 0.227 e. The molecule has 106 valence electrons. The van der Waals surface area contributed by atoms with Crippen LogP contribution in [0.1, 0.15) is 45.4 Å². The minimum atomic E-state index is -0.226. The Morgan fingerprint density at radius 2 is 1.94 bits per heavy atom. The third-order valence-corrected chi connectivity index (χ3v) is 3.50. The van der Waals surface area contributed by atoms with Gasteiger partial charge in [-0.3, -0.25) is 4.79 Å². The molecule has 18 heavy (non-hydrogen) atoms. The monoisotopic (exact) mass is 272 g/mol. The van der Waals surface area contributed by atoms with E-state index >= 15 is 0 Å². The minimum Gasteiger partial charge on any atom is -0.369 e. The van der Waals surface area contributed by atoms with E-state index in [0.29, 0.717) is 5.75 Å². The van der Waals surface area contributed by atoms with Gasteiger partial charge in [0.05, 0.1) is 5.75 Å². The van der Waals surface area contributed by atoms with Gasteiger partial charge in [0.25, 0.3) is 0 Å². The number of hydrogen-bond acceptors (Lipinski definition) is 3. The summed E-state index contributed by atoms with van der Waals surface area (Å²) < 4.78 is 0. The molecule has 0 rings (SSSR count). The van der Waals surface area contributed by atoms with Crippen molar-refractivity contribution in [1.29, 1.82) is 0 Å². The van der Waals surface area contributed by atoms with Gasteiger partial charge in [-0.25, -0.2) is 0 Å². The highest BCUT2D eigenvalue weighted by Gasteiger charge is 1.94. The highest BCUT2D eigenvalue weighted by molar-refractivity contribution is 7.99. The number of nitrogens with two attached hydrogens (primary N) is 1. The number of rotatable bonds is 13. The first-order chi connectivity index (χ1) is 8.77. The number of hydrogen-bond donors (Lipinski definition) is 2. The molecule has 0 saturated carbocycles. The Morgan fingerprint density at radius 3 is 2.67 bits per heavy atom. The first kappa shape index (κ1) is 17.5. The van der Waals surface area contributed by atoms with Crippen LogP contribution in [0.25, 0.3) is 0 Å². The van der Waals surface area contributed by atoms with E-state index in [1.807, 2.05) is 0 Å². The maximum absolute atomic E-state index is 10.5. The van der Waals surface area contributed by atoms with Crippen LogP contribution in [-0.4, -0.2) is 30.5 Å². The predicted molar refractivity (Wildman–Crippen MR) is 81.9 cm³/mol. The summed E-state index contributed by atoms with van der Waals surface area (Å²) in [5.41, 5.74) is 5.05. The second-order valence-electron chi connectivity index (χ2n) is 4.38. The van der Waals surface area contributed by atoms with Crippen LogP contribution in [0.3, 0.4) is 0 Å². The number of allylic oxidation sites excluding steroid dienone is 2. The number of thioether (sulfide) groups is 1. The molecule has 0 aromatic carbocycles. The Labute approximate surface area is 116 Å². The molecule has 0 aliphatic heterocycles. The average molecular weight is 272 g/mol. The summed E-state index contributed by atoms with van der Waals surface area (Å²) in [4.78, 5) is 10.5. The molecule has 0 aliphatic rings. The topological polar surface area (TPSA) is 55.1 Å². The number of primary amides is 1. The van der Waals surface area contributed by atoms with Crippen molar-refractivity contribution in [3.05, 3.63) is 12.2 Å². The van der Waals surface area contributed by atoms with Crippen molar-refractivity contribution >= 4 is 17.7 Å². The molecule has 0 aliphatic carbocycles. The predicted octanol–water partition coefficient (Wildman–Crippen LogP) is 2.71. The SMILES string of the molecule is CCC/C=C\CCCCCNCCSCC(N)=O. The van der Waals surface area contributed by atoms with Crippen LogP contribution in [0.15, 0.2) is 12.2 Å². The second kappa shape index (κ2) is 14.6. The van der Waals surface area contributed by atoms with E-state index < -0.39 is 0 Å². The number of carbonyl (C=O) groups is 1. The van der Waals surface area contributed by atoms with Gasteiger partial charge in [-0.15, -0.1) is 0 Å². The summed E-state index contributed by atoms with van der Waals surface area (Å²) in [5.74, 6) is 1.17. The average Bonchev–Trinajstić information content (AvgIpc) is 2.34. The maximum Gasteiger partial charge on any atom is 0.227 e. The molecule has 0 unspecified atom stereocenters. The zero-order valence-electron chi connectivity index (χ0n) is 11.6. The van der Waals surface area contributed by atoms with Crippen molar-refractivity contribution in [2.45, 2.75) is 45.4 Å². The van der Waals surface area contributed by atoms with Crippen molar-refractivity contribution in [3.8, 4) is 0 Å². The first-order valence-corrected chi connectivity index (χ1v) is 8.14.